The lowest BCUT2D eigenvalue weighted by molar-refractivity contribution is 0.0950. The molecule has 1 N–H and O–H groups in total. The van der Waals surface area contributed by atoms with Crippen molar-refractivity contribution >= 4 is 28.6 Å². The number of hydrogen-bond donors (Lipinski definition) is 1. The molecule has 0 unspecified atom stereocenters. The van der Waals surface area contributed by atoms with E-state index in [2.05, 4.69) is 15.3 Å². The summed E-state index contributed by atoms with van der Waals surface area (Å²) in [4.78, 5) is 21.9. The van der Waals surface area contributed by atoms with E-state index in [4.69, 9.17) is 0 Å². The molecule has 0 atom stereocenters. The zero-order chi connectivity index (χ0) is 18.4. The Labute approximate surface area is 154 Å². The quantitative estimate of drug-likeness (QED) is 0.698. The third-order valence-corrected chi connectivity index (χ3v) is 5.11. The molecule has 0 radical (unpaired) electrons. The Morgan fingerprint density at radius 1 is 1.24 bits per heavy atom. The van der Waals surface area contributed by atoms with Gasteiger partial charge in [0.25, 0.3) is 5.91 Å². The molecule has 2 heterocycles. The molecule has 0 saturated heterocycles. The molecule has 0 aliphatic carbocycles. The van der Waals surface area contributed by atoms with Crippen molar-refractivity contribution in [3.8, 4) is 10.6 Å². The van der Waals surface area contributed by atoms with Crippen LogP contribution in [0.1, 0.15) is 39.9 Å². The van der Waals surface area contributed by atoms with Gasteiger partial charge in [0.15, 0.2) is 5.01 Å². The fourth-order valence-electron chi connectivity index (χ4n) is 2.16. The number of aromatic nitrogens is 2. The third-order valence-electron chi connectivity index (χ3n) is 3.18. The molecule has 1 amide bonds. The Hall–Kier alpha value is -2.12. The Morgan fingerprint density at radius 2 is 2.00 bits per heavy atom. The smallest absolute Gasteiger partial charge is 0.280 e. The second-order valence-electron chi connectivity index (χ2n) is 5.00. The molecule has 4 nitrogen and oxygen atoms in total. The number of halogens is 1. The fourth-order valence-corrected chi connectivity index (χ4v) is 3.84. The number of hydrogen-bond acceptors (Lipinski definition) is 5. The van der Waals surface area contributed by atoms with Crippen molar-refractivity contribution in [2.75, 3.05) is 0 Å². The van der Waals surface area contributed by atoms with Gasteiger partial charge in [0.1, 0.15) is 5.82 Å². The van der Waals surface area contributed by atoms with Crippen LogP contribution in [0.2, 0.25) is 0 Å². The minimum Gasteiger partial charge on any atom is -0.346 e. The summed E-state index contributed by atoms with van der Waals surface area (Å²) in [6.07, 6.45) is 0. The Balaban J connectivity index is 0.00000109. The number of benzene rings is 1. The van der Waals surface area contributed by atoms with Crippen LogP contribution in [-0.2, 0) is 6.54 Å². The van der Waals surface area contributed by atoms with Crippen LogP contribution >= 0.6 is 22.7 Å². The minimum atomic E-state index is -0.315. The molecule has 3 rings (SSSR count). The average molecular weight is 378 g/mol. The number of thiazole rings is 2. The largest absolute Gasteiger partial charge is 0.346 e. The summed E-state index contributed by atoms with van der Waals surface area (Å²) in [5.41, 5.74) is 2.41. The van der Waals surface area contributed by atoms with Crippen LogP contribution < -0.4 is 5.32 Å². The van der Waals surface area contributed by atoms with Gasteiger partial charge in [-0.15, -0.1) is 22.7 Å². The molecule has 0 aliphatic heterocycles. The van der Waals surface area contributed by atoms with E-state index in [9.17, 15) is 9.18 Å². The summed E-state index contributed by atoms with van der Waals surface area (Å²) in [5.74, 6) is -0.575. The number of carbonyl (C=O) groups is 1. The molecule has 1 aromatic carbocycles. The molecule has 0 fully saturated rings. The van der Waals surface area contributed by atoms with Crippen LogP contribution in [0.4, 0.5) is 4.39 Å². The van der Waals surface area contributed by atoms with Crippen molar-refractivity contribution in [3.63, 3.8) is 0 Å². The van der Waals surface area contributed by atoms with Crippen molar-refractivity contribution < 1.29 is 9.18 Å². The molecule has 2 aromatic heterocycles. The first-order valence-corrected chi connectivity index (χ1v) is 9.65. The van der Waals surface area contributed by atoms with E-state index in [1.807, 2.05) is 33.1 Å². The van der Waals surface area contributed by atoms with Crippen LogP contribution in [0.5, 0.6) is 0 Å². The summed E-state index contributed by atoms with van der Waals surface area (Å²) in [6, 6.07) is 6.15. The normalized spacial score (nSPS) is 10.1. The molecule has 7 heteroatoms. The number of rotatable bonds is 4. The van der Waals surface area contributed by atoms with E-state index in [1.54, 1.807) is 23.5 Å². The number of carbonyl (C=O) groups excluding carboxylic acids is 1. The maximum Gasteiger partial charge on any atom is 0.280 e. The predicted molar refractivity (Wildman–Crippen MR) is 102 cm³/mol. The minimum absolute atomic E-state index is 0.260. The second kappa shape index (κ2) is 8.82. The topological polar surface area (TPSA) is 54.9 Å². The van der Waals surface area contributed by atoms with E-state index >= 15 is 0 Å². The van der Waals surface area contributed by atoms with Crippen LogP contribution in [0.15, 0.2) is 29.6 Å². The van der Waals surface area contributed by atoms with Crippen molar-refractivity contribution in [3.05, 3.63) is 56.7 Å². The van der Waals surface area contributed by atoms with Gasteiger partial charge in [-0.05, 0) is 31.5 Å². The van der Waals surface area contributed by atoms with Gasteiger partial charge in [0.05, 0.1) is 21.3 Å². The highest BCUT2D eigenvalue weighted by Gasteiger charge is 2.15. The lowest BCUT2D eigenvalue weighted by atomic mass is 10.2. The highest BCUT2D eigenvalue weighted by molar-refractivity contribution is 7.16. The van der Waals surface area contributed by atoms with Crippen LogP contribution in [-0.4, -0.2) is 15.9 Å². The van der Waals surface area contributed by atoms with Crippen LogP contribution in [0.3, 0.4) is 0 Å². The van der Waals surface area contributed by atoms with E-state index in [-0.39, 0.29) is 18.3 Å². The van der Waals surface area contributed by atoms with Crippen molar-refractivity contribution in [1.82, 2.24) is 15.3 Å². The first-order valence-electron chi connectivity index (χ1n) is 7.95. The van der Waals surface area contributed by atoms with Crippen molar-refractivity contribution in [1.29, 1.82) is 0 Å². The SMILES string of the molecule is CC.Cc1nc(C)c(-c2csc(C(=O)NCc3cccc(F)c3)n2)s1. The summed E-state index contributed by atoms with van der Waals surface area (Å²) in [5, 5.41) is 5.98. The van der Waals surface area contributed by atoms with Gasteiger partial charge in [0, 0.05) is 11.9 Å². The molecule has 132 valence electrons. The van der Waals surface area contributed by atoms with Crippen molar-refractivity contribution in [2.24, 2.45) is 0 Å². The second-order valence-corrected chi connectivity index (χ2v) is 7.06. The van der Waals surface area contributed by atoms with Crippen LogP contribution in [0.25, 0.3) is 10.6 Å². The third kappa shape index (κ3) is 4.93. The summed E-state index contributed by atoms with van der Waals surface area (Å²) >= 11 is 2.85. The number of nitrogens with one attached hydrogen (secondary N) is 1. The molecular formula is C18H20FN3OS2. The Morgan fingerprint density at radius 3 is 2.64 bits per heavy atom. The van der Waals surface area contributed by atoms with Gasteiger partial charge in [-0.3, -0.25) is 4.79 Å². The van der Waals surface area contributed by atoms with Crippen molar-refractivity contribution in [2.45, 2.75) is 34.2 Å². The average Bonchev–Trinajstić information content (AvgIpc) is 3.21. The highest BCUT2D eigenvalue weighted by atomic mass is 32.1. The maximum absolute atomic E-state index is 13.1. The molecule has 0 aliphatic rings. The molecule has 3 aromatic rings. The van der Waals surface area contributed by atoms with Crippen LogP contribution in [0, 0.1) is 19.7 Å². The molecule has 0 spiro atoms. The number of aryl methyl sites for hydroxylation is 2. The molecule has 0 saturated carbocycles. The number of nitrogens with zero attached hydrogens (tertiary/aromatic N) is 2. The molecular weight excluding hydrogens is 357 g/mol. The van der Waals surface area contributed by atoms with E-state index in [0.29, 0.717) is 10.6 Å². The molecule has 0 bridgehead atoms. The maximum atomic E-state index is 13.1. The van der Waals surface area contributed by atoms with Gasteiger partial charge >= 0.3 is 0 Å². The Bertz CT molecular complexity index is 858. The van der Waals surface area contributed by atoms with Gasteiger partial charge < -0.3 is 5.32 Å². The lowest BCUT2D eigenvalue weighted by Gasteiger charge is -2.03. The van der Waals surface area contributed by atoms with E-state index in [1.165, 1.54) is 23.5 Å². The van der Waals surface area contributed by atoms with Gasteiger partial charge in [-0.2, -0.15) is 0 Å². The Kier molecular flexibility index (Phi) is 6.78. The monoisotopic (exact) mass is 377 g/mol. The van der Waals surface area contributed by atoms with E-state index < -0.39 is 0 Å². The fraction of sp³-hybridized carbons (Fsp3) is 0.278. The standard InChI is InChI=1S/C16H14FN3OS2.C2H6/c1-9-14(23-10(2)19-9)13-8-22-16(20-13)15(21)18-7-11-4-3-5-12(17)6-11;1-2/h3-6,8H,7H2,1-2H3,(H,18,21);1-2H3. The first kappa shape index (κ1) is 19.2. The van der Waals surface area contributed by atoms with Gasteiger partial charge in [-0.1, -0.05) is 26.0 Å². The van der Waals surface area contributed by atoms with Gasteiger partial charge in [0.2, 0.25) is 0 Å². The zero-order valence-corrected chi connectivity index (χ0v) is 16.2. The molecule has 25 heavy (non-hydrogen) atoms. The van der Waals surface area contributed by atoms with Gasteiger partial charge in [-0.25, -0.2) is 14.4 Å². The first-order chi connectivity index (χ1) is 12.0. The summed E-state index contributed by atoms with van der Waals surface area (Å²) in [6.45, 7) is 8.15. The van der Waals surface area contributed by atoms with E-state index in [0.717, 1.165) is 21.3 Å². The summed E-state index contributed by atoms with van der Waals surface area (Å²) in [7, 11) is 0. The summed E-state index contributed by atoms with van der Waals surface area (Å²) < 4.78 is 13.1. The highest BCUT2D eigenvalue weighted by Crippen LogP contribution is 2.30. The number of amides is 1. The predicted octanol–water partition coefficient (Wildman–Crippen LogP) is 4.98. The zero-order valence-electron chi connectivity index (χ0n) is 14.6. The lowest BCUT2D eigenvalue weighted by Crippen LogP contribution is -2.22.